The maximum atomic E-state index is 17.0. The summed E-state index contributed by atoms with van der Waals surface area (Å²) in [5, 5.41) is 13.4. The first-order valence-electron chi connectivity index (χ1n) is 22.5. The van der Waals surface area contributed by atoms with Crippen molar-refractivity contribution in [2.24, 2.45) is 0 Å². The molecule has 2 heterocycles. The predicted octanol–water partition coefficient (Wildman–Crippen LogP) is 17.1. The number of rotatable bonds is 7. The van der Waals surface area contributed by atoms with Gasteiger partial charge in [-0.05, 0) is 117 Å². The lowest BCUT2D eigenvalue weighted by atomic mass is 9.96. The van der Waals surface area contributed by atoms with Crippen LogP contribution in [0, 0.1) is 11.3 Å². The molecule has 0 unspecified atom stereocenters. The molecule has 10 aromatic carbocycles. The lowest BCUT2D eigenvalue weighted by molar-refractivity contribution is -0.137. The van der Waals surface area contributed by atoms with Gasteiger partial charge < -0.3 is 9.13 Å². The van der Waals surface area contributed by atoms with Crippen molar-refractivity contribution in [1.29, 1.82) is 5.26 Å². The van der Waals surface area contributed by atoms with Gasteiger partial charge in [0.15, 0.2) is 0 Å². The van der Waals surface area contributed by atoms with E-state index in [0.29, 0.717) is 38.8 Å². The van der Waals surface area contributed by atoms with Gasteiger partial charge in [-0.15, -0.1) is 0 Å². The summed E-state index contributed by atoms with van der Waals surface area (Å²) in [6.45, 7) is 0. The molecule has 0 spiro atoms. The van der Waals surface area contributed by atoms with Crippen molar-refractivity contribution in [2.75, 3.05) is 0 Å². The van der Waals surface area contributed by atoms with E-state index >= 15 is 13.2 Å². The van der Waals surface area contributed by atoms with Crippen LogP contribution >= 0.6 is 0 Å². The van der Waals surface area contributed by atoms with E-state index in [2.05, 4.69) is 30.3 Å². The standard InChI is InChI=1S/C62H38F3N3/c63-62(64,65)60-59(67-55-29-24-45(41-15-5-1-6-16-41)35-51(55)52-36-46(25-30-56(52)67)42-17-7-2-8-18-42)33-28-50(49-23-13-14-40(34-49)39-66)61(60)68-57-31-26-47(43-19-9-3-10-20-43)37-53(57)54-38-48(27-32-58(54)68)44-21-11-4-12-22-44/h1-38H. The summed E-state index contributed by atoms with van der Waals surface area (Å²) in [5.41, 5.74) is 10.7. The zero-order valence-electron chi connectivity index (χ0n) is 36.4. The predicted molar refractivity (Wildman–Crippen MR) is 272 cm³/mol. The van der Waals surface area contributed by atoms with Gasteiger partial charge in [0.25, 0.3) is 0 Å². The monoisotopic (exact) mass is 881 g/mol. The zero-order valence-corrected chi connectivity index (χ0v) is 36.4. The molecule has 0 aliphatic rings. The highest BCUT2D eigenvalue weighted by atomic mass is 19.4. The molecule has 68 heavy (non-hydrogen) atoms. The lowest BCUT2D eigenvalue weighted by Gasteiger charge is -2.24. The van der Waals surface area contributed by atoms with Crippen LogP contribution in [0.25, 0.3) is 111 Å². The average Bonchev–Trinajstić information content (AvgIpc) is 3.90. The Hall–Kier alpha value is -8.92. The van der Waals surface area contributed by atoms with E-state index in [0.717, 1.165) is 66.1 Å². The van der Waals surface area contributed by atoms with E-state index in [1.807, 2.05) is 170 Å². The molecule has 0 saturated carbocycles. The summed E-state index contributed by atoms with van der Waals surface area (Å²) in [7, 11) is 0. The Morgan fingerprint density at radius 3 is 1.07 bits per heavy atom. The van der Waals surface area contributed by atoms with E-state index < -0.39 is 11.7 Å². The molecule has 12 aromatic rings. The van der Waals surface area contributed by atoms with Gasteiger partial charge in [-0.25, -0.2) is 0 Å². The second kappa shape index (κ2) is 16.2. The molecule has 0 fully saturated rings. The fourth-order valence-electron chi connectivity index (χ4n) is 10.1. The molecule has 2 aromatic heterocycles. The van der Waals surface area contributed by atoms with Crippen molar-refractivity contribution in [2.45, 2.75) is 6.18 Å². The Kier molecular flexibility index (Phi) is 9.67. The van der Waals surface area contributed by atoms with Crippen molar-refractivity contribution in [3.05, 3.63) is 242 Å². The number of fused-ring (bicyclic) bond motifs is 6. The molecule has 322 valence electrons. The molecule has 0 atom stereocenters. The Labute approximate surface area is 390 Å². The minimum Gasteiger partial charge on any atom is -0.309 e. The summed E-state index contributed by atoms with van der Waals surface area (Å²) in [6.07, 6.45) is -4.87. The fraction of sp³-hybridized carbons (Fsp3) is 0.0161. The van der Waals surface area contributed by atoms with Crippen LogP contribution in [0.5, 0.6) is 0 Å². The average molecular weight is 882 g/mol. The Morgan fingerprint density at radius 1 is 0.338 bits per heavy atom. The van der Waals surface area contributed by atoms with E-state index in [1.165, 1.54) is 0 Å². The summed E-state index contributed by atoms with van der Waals surface area (Å²) in [4.78, 5) is 0. The molecule has 0 saturated heterocycles. The Bertz CT molecular complexity index is 3740. The second-order valence-corrected chi connectivity index (χ2v) is 17.1. The maximum Gasteiger partial charge on any atom is 0.420 e. The minimum atomic E-state index is -4.87. The van der Waals surface area contributed by atoms with Crippen molar-refractivity contribution in [1.82, 2.24) is 9.13 Å². The van der Waals surface area contributed by atoms with Gasteiger partial charge in [0.2, 0.25) is 0 Å². The molecular formula is C62H38F3N3. The van der Waals surface area contributed by atoms with Crippen LogP contribution in [-0.2, 0) is 6.18 Å². The van der Waals surface area contributed by atoms with Gasteiger partial charge in [-0.2, -0.15) is 18.4 Å². The number of aromatic nitrogens is 2. The molecular weight excluding hydrogens is 844 g/mol. The third-order valence-corrected chi connectivity index (χ3v) is 13.2. The molecule has 0 amide bonds. The molecule has 12 rings (SSSR count). The van der Waals surface area contributed by atoms with Gasteiger partial charge in [0, 0.05) is 27.1 Å². The second-order valence-electron chi connectivity index (χ2n) is 17.1. The topological polar surface area (TPSA) is 33.6 Å². The van der Waals surface area contributed by atoms with Gasteiger partial charge in [0.1, 0.15) is 5.56 Å². The van der Waals surface area contributed by atoms with Crippen LogP contribution in [-0.4, -0.2) is 9.13 Å². The molecule has 0 radical (unpaired) electrons. The first-order chi connectivity index (χ1) is 33.3. The number of nitriles is 1. The number of nitrogens with zero attached hydrogens (tertiary/aromatic N) is 3. The Morgan fingerprint density at radius 2 is 0.706 bits per heavy atom. The third-order valence-electron chi connectivity index (χ3n) is 13.2. The Balaban J connectivity index is 1.22. The van der Waals surface area contributed by atoms with Crippen LogP contribution in [0.3, 0.4) is 0 Å². The van der Waals surface area contributed by atoms with Crippen LogP contribution in [0.2, 0.25) is 0 Å². The summed E-state index contributed by atoms with van der Waals surface area (Å²) in [5.74, 6) is 0. The highest BCUT2D eigenvalue weighted by molar-refractivity contribution is 6.14. The zero-order chi connectivity index (χ0) is 45.9. The van der Waals surface area contributed by atoms with Crippen molar-refractivity contribution >= 4 is 43.6 Å². The number of halogens is 3. The molecule has 0 aliphatic heterocycles. The number of benzene rings is 10. The van der Waals surface area contributed by atoms with E-state index in [4.69, 9.17) is 0 Å². The smallest absolute Gasteiger partial charge is 0.309 e. The van der Waals surface area contributed by atoms with Crippen LogP contribution in [0.4, 0.5) is 13.2 Å². The lowest BCUT2D eigenvalue weighted by Crippen LogP contribution is -2.17. The molecule has 0 bridgehead atoms. The molecule has 0 N–H and O–H groups in total. The highest BCUT2D eigenvalue weighted by Crippen LogP contribution is 2.49. The van der Waals surface area contributed by atoms with E-state index in [9.17, 15) is 5.26 Å². The summed E-state index contributed by atoms with van der Waals surface area (Å²) < 4.78 is 54.6. The summed E-state index contributed by atoms with van der Waals surface area (Å²) in [6, 6.07) is 76.6. The first-order valence-corrected chi connectivity index (χ1v) is 22.5. The van der Waals surface area contributed by atoms with Crippen LogP contribution < -0.4 is 0 Å². The molecule has 3 nitrogen and oxygen atoms in total. The largest absolute Gasteiger partial charge is 0.420 e. The van der Waals surface area contributed by atoms with Crippen LogP contribution in [0.15, 0.2) is 231 Å². The third kappa shape index (κ3) is 6.83. The van der Waals surface area contributed by atoms with Crippen molar-refractivity contribution in [3.8, 4) is 73.1 Å². The van der Waals surface area contributed by atoms with Crippen LogP contribution in [0.1, 0.15) is 11.1 Å². The van der Waals surface area contributed by atoms with Gasteiger partial charge in [-0.1, -0.05) is 164 Å². The highest BCUT2D eigenvalue weighted by Gasteiger charge is 2.40. The minimum absolute atomic E-state index is 0.00979. The molecule has 6 heteroatoms. The summed E-state index contributed by atoms with van der Waals surface area (Å²) >= 11 is 0. The van der Waals surface area contributed by atoms with Gasteiger partial charge >= 0.3 is 6.18 Å². The molecule has 0 aliphatic carbocycles. The normalized spacial score (nSPS) is 11.7. The van der Waals surface area contributed by atoms with Gasteiger partial charge in [0.05, 0.1) is 45.1 Å². The first kappa shape index (κ1) is 40.6. The van der Waals surface area contributed by atoms with Crippen molar-refractivity contribution in [3.63, 3.8) is 0 Å². The maximum absolute atomic E-state index is 17.0. The SMILES string of the molecule is N#Cc1cccc(-c2ccc(-n3c4ccc(-c5ccccc5)cc4c4cc(-c5ccccc5)ccc43)c(C(F)(F)F)c2-n2c3ccc(-c4ccccc4)cc3c3cc(-c4ccccc4)ccc32)c1. The fourth-order valence-corrected chi connectivity index (χ4v) is 10.1. The van der Waals surface area contributed by atoms with Gasteiger partial charge in [-0.3, -0.25) is 0 Å². The number of hydrogen-bond acceptors (Lipinski definition) is 1. The van der Waals surface area contributed by atoms with E-state index in [1.54, 1.807) is 45.5 Å². The van der Waals surface area contributed by atoms with Crippen molar-refractivity contribution < 1.29 is 13.2 Å². The van der Waals surface area contributed by atoms with E-state index in [-0.39, 0.29) is 11.4 Å². The quantitative estimate of drug-likeness (QED) is 0.157. The number of alkyl halides is 3. The number of hydrogen-bond donors (Lipinski definition) is 0.